The maximum Gasteiger partial charge on any atom is 0.253 e. The Morgan fingerprint density at radius 1 is 1.00 bits per heavy atom. The Balaban J connectivity index is 1.30. The predicted octanol–water partition coefficient (Wildman–Crippen LogP) is 2.91. The zero-order chi connectivity index (χ0) is 23.8. The first-order valence-electron chi connectivity index (χ1n) is 11.5. The molecule has 1 aromatic carbocycles. The van der Waals surface area contributed by atoms with Gasteiger partial charge in [0.15, 0.2) is 0 Å². The third kappa shape index (κ3) is 3.98. The van der Waals surface area contributed by atoms with E-state index in [-0.39, 0.29) is 5.91 Å². The van der Waals surface area contributed by atoms with Crippen LogP contribution in [0.5, 0.6) is 0 Å². The molecule has 172 valence electrons. The lowest BCUT2D eigenvalue weighted by Crippen LogP contribution is -2.46. The lowest BCUT2D eigenvalue weighted by molar-refractivity contribution is 0.0736. The van der Waals surface area contributed by atoms with Gasteiger partial charge in [-0.2, -0.15) is 0 Å². The van der Waals surface area contributed by atoms with Gasteiger partial charge in [-0.05, 0) is 53.4 Å². The molecule has 0 atom stereocenters. The Bertz CT molecular complexity index is 1610. The molecule has 35 heavy (non-hydrogen) atoms. The number of hydrogen-bond acceptors (Lipinski definition) is 5. The molecule has 1 amide bonds. The molecule has 0 radical (unpaired) electrons. The molecule has 1 aliphatic heterocycles. The Hall–Kier alpha value is -4.61. The van der Waals surface area contributed by atoms with Crippen molar-refractivity contribution in [3.05, 3.63) is 83.9 Å². The van der Waals surface area contributed by atoms with Gasteiger partial charge in [0.2, 0.25) is 0 Å². The van der Waals surface area contributed by atoms with Crippen LogP contribution in [0.2, 0.25) is 0 Å². The number of nitrogen functional groups attached to an aromatic ring is 1. The molecule has 1 aliphatic rings. The topological polar surface area (TPSA) is 104 Å². The van der Waals surface area contributed by atoms with Gasteiger partial charge in [-0.15, -0.1) is 0 Å². The monoisotopic (exact) mass is 461 g/mol. The molecule has 0 saturated carbocycles. The molecule has 0 spiro atoms. The zero-order valence-electron chi connectivity index (χ0n) is 19.0. The number of fused-ring (bicyclic) bond motifs is 2. The van der Waals surface area contributed by atoms with Gasteiger partial charge in [0.1, 0.15) is 22.8 Å². The molecule has 0 aliphatic carbocycles. The first kappa shape index (κ1) is 21.0. The number of hydrogen-bond donors (Lipinski definition) is 3. The van der Waals surface area contributed by atoms with Crippen molar-refractivity contribution in [2.45, 2.75) is 0 Å². The number of aromatic nitrogens is 4. The SMILES string of the molecule is Nc1cc(C#Cc2cnc3ccc(-c4ccc(C(=O)N5CCNCC5)cc4)cn23)c2cc[nH]c2n1. The average Bonchev–Trinajstić information content (AvgIpc) is 3.54. The minimum atomic E-state index is 0.0777. The number of imidazole rings is 1. The third-order valence-electron chi connectivity index (χ3n) is 6.25. The second kappa shape index (κ2) is 8.63. The number of nitrogens with two attached hydrogens (primary N) is 1. The van der Waals surface area contributed by atoms with Gasteiger partial charge in [0.25, 0.3) is 5.91 Å². The quantitative estimate of drug-likeness (QED) is 0.351. The van der Waals surface area contributed by atoms with Gasteiger partial charge in [-0.25, -0.2) is 9.97 Å². The van der Waals surface area contributed by atoms with Crippen LogP contribution in [0.25, 0.3) is 27.8 Å². The average molecular weight is 462 g/mol. The van der Waals surface area contributed by atoms with E-state index in [4.69, 9.17) is 5.73 Å². The van der Waals surface area contributed by atoms with E-state index < -0.39 is 0 Å². The number of amides is 1. The van der Waals surface area contributed by atoms with Crippen LogP contribution < -0.4 is 11.1 Å². The summed E-state index contributed by atoms with van der Waals surface area (Å²) < 4.78 is 1.97. The van der Waals surface area contributed by atoms with Crippen LogP contribution in [0.1, 0.15) is 21.6 Å². The molecule has 1 saturated heterocycles. The Morgan fingerprint density at radius 3 is 2.63 bits per heavy atom. The minimum Gasteiger partial charge on any atom is -0.384 e. The lowest BCUT2D eigenvalue weighted by Gasteiger charge is -2.27. The molecule has 4 N–H and O–H groups in total. The van der Waals surface area contributed by atoms with Crippen LogP contribution in [0, 0.1) is 11.8 Å². The van der Waals surface area contributed by atoms with Crippen molar-refractivity contribution >= 4 is 28.4 Å². The summed E-state index contributed by atoms with van der Waals surface area (Å²) in [4.78, 5) is 26.5. The number of anilines is 1. The first-order chi connectivity index (χ1) is 17.2. The Labute approximate surface area is 201 Å². The van der Waals surface area contributed by atoms with Crippen LogP contribution >= 0.6 is 0 Å². The highest BCUT2D eigenvalue weighted by molar-refractivity contribution is 5.94. The van der Waals surface area contributed by atoms with Crippen molar-refractivity contribution in [3.8, 4) is 23.0 Å². The summed E-state index contributed by atoms with van der Waals surface area (Å²) in [6.07, 6.45) is 5.61. The molecule has 1 fully saturated rings. The van der Waals surface area contributed by atoms with Gasteiger partial charge < -0.3 is 20.9 Å². The second-order valence-electron chi connectivity index (χ2n) is 8.49. The van der Waals surface area contributed by atoms with Crippen LogP contribution in [0.4, 0.5) is 5.82 Å². The van der Waals surface area contributed by atoms with Crippen LogP contribution in [0.3, 0.4) is 0 Å². The number of nitrogens with one attached hydrogen (secondary N) is 2. The molecule has 4 aromatic heterocycles. The summed E-state index contributed by atoms with van der Waals surface area (Å²) in [5, 5.41) is 4.20. The largest absolute Gasteiger partial charge is 0.384 e. The molecule has 5 heterocycles. The van der Waals surface area contributed by atoms with Crippen molar-refractivity contribution in [2.75, 3.05) is 31.9 Å². The van der Waals surface area contributed by atoms with Gasteiger partial charge in [0.05, 0.1) is 6.20 Å². The third-order valence-corrected chi connectivity index (χ3v) is 6.25. The smallest absolute Gasteiger partial charge is 0.253 e. The number of carbonyl (C=O) groups excluding carboxylic acids is 1. The van der Waals surface area contributed by atoms with E-state index in [2.05, 4.69) is 32.1 Å². The fourth-order valence-electron chi connectivity index (χ4n) is 4.39. The number of carbonyl (C=O) groups is 1. The fourth-order valence-corrected chi connectivity index (χ4v) is 4.39. The zero-order valence-corrected chi connectivity index (χ0v) is 19.0. The van der Waals surface area contributed by atoms with E-state index >= 15 is 0 Å². The molecule has 5 aromatic rings. The number of rotatable bonds is 2. The number of benzene rings is 1. The summed E-state index contributed by atoms with van der Waals surface area (Å²) in [7, 11) is 0. The van der Waals surface area contributed by atoms with Gasteiger partial charge >= 0.3 is 0 Å². The normalized spacial score (nSPS) is 13.7. The maximum atomic E-state index is 12.8. The maximum absolute atomic E-state index is 12.8. The van der Waals surface area contributed by atoms with Crippen molar-refractivity contribution < 1.29 is 4.79 Å². The van der Waals surface area contributed by atoms with E-state index in [0.717, 1.165) is 59.6 Å². The summed E-state index contributed by atoms with van der Waals surface area (Å²) in [6, 6.07) is 15.5. The van der Waals surface area contributed by atoms with E-state index in [1.807, 2.05) is 64.2 Å². The van der Waals surface area contributed by atoms with Crippen molar-refractivity contribution in [2.24, 2.45) is 0 Å². The summed E-state index contributed by atoms with van der Waals surface area (Å²) >= 11 is 0. The molecule has 8 nitrogen and oxygen atoms in total. The van der Waals surface area contributed by atoms with Crippen molar-refractivity contribution in [3.63, 3.8) is 0 Å². The fraction of sp³-hybridized carbons (Fsp3) is 0.148. The van der Waals surface area contributed by atoms with Crippen molar-refractivity contribution in [1.82, 2.24) is 29.6 Å². The van der Waals surface area contributed by atoms with Gasteiger partial charge in [0, 0.05) is 55.1 Å². The highest BCUT2D eigenvalue weighted by atomic mass is 16.2. The predicted molar refractivity (Wildman–Crippen MR) is 136 cm³/mol. The van der Waals surface area contributed by atoms with E-state index in [9.17, 15) is 4.79 Å². The number of piperazine rings is 1. The Morgan fingerprint density at radius 2 is 1.80 bits per heavy atom. The van der Waals surface area contributed by atoms with Crippen LogP contribution in [-0.4, -0.2) is 56.3 Å². The highest BCUT2D eigenvalue weighted by Crippen LogP contribution is 2.22. The Kier molecular flexibility index (Phi) is 5.17. The van der Waals surface area contributed by atoms with Gasteiger partial charge in [-0.3, -0.25) is 9.20 Å². The van der Waals surface area contributed by atoms with E-state index in [1.54, 1.807) is 12.3 Å². The number of H-pyrrole nitrogens is 1. The lowest BCUT2D eigenvalue weighted by atomic mass is 10.0. The number of nitrogens with zero attached hydrogens (tertiary/aromatic N) is 4. The second-order valence-corrected chi connectivity index (χ2v) is 8.49. The van der Waals surface area contributed by atoms with Crippen LogP contribution in [0.15, 0.2) is 67.1 Å². The van der Waals surface area contributed by atoms with Gasteiger partial charge in [-0.1, -0.05) is 18.1 Å². The highest BCUT2D eigenvalue weighted by Gasteiger charge is 2.17. The molecule has 8 heteroatoms. The molecule has 0 bridgehead atoms. The van der Waals surface area contributed by atoms with Crippen molar-refractivity contribution in [1.29, 1.82) is 0 Å². The number of aromatic amines is 1. The first-order valence-corrected chi connectivity index (χ1v) is 11.5. The molecular weight excluding hydrogens is 438 g/mol. The summed E-state index contributed by atoms with van der Waals surface area (Å²) in [5.41, 5.74) is 11.8. The standard InChI is InChI=1S/C27H23N7O/c28-24-15-20(23-9-10-30-26(23)32-24)5-7-22-16-31-25-8-6-21(17-34(22)25)18-1-3-19(4-2-18)27(35)33-13-11-29-12-14-33/h1-4,6,8-10,15-17,29H,11-14H2,(H3,28,30,32). The molecular formula is C27H23N7O. The molecule has 6 rings (SSSR count). The van der Waals surface area contributed by atoms with E-state index in [1.165, 1.54) is 0 Å². The van der Waals surface area contributed by atoms with E-state index in [0.29, 0.717) is 17.0 Å². The van der Waals surface area contributed by atoms with Crippen LogP contribution in [-0.2, 0) is 0 Å². The minimum absolute atomic E-state index is 0.0777. The summed E-state index contributed by atoms with van der Waals surface area (Å²) in [6.45, 7) is 3.15. The number of pyridine rings is 2. The summed E-state index contributed by atoms with van der Waals surface area (Å²) in [5.74, 6) is 6.95. The molecule has 0 unspecified atom stereocenters.